The minimum absolute atomic E-state index is 0.0238. The smallest absolute Gasteiger partial charge is 0.405 e. The average Bonchev–Trinajstić information content (AvgIpc) is 3.10. The Kier molecular flexibility index (Phi) is 6.47. The summed E-state index contributed by atoms with van der Waals surface area (Å²) in [5, 5.41) is 2.34. The number of carbonyl (C=O) groups excluding carboxylic acids is 2. The van der Waals surface area contributed by atoms with E-state index in [4.69, 9.17) is 0 Å². The van der Waals surface area contributed by atoms with Gasteiger partial charge in [-0.25, -0.2) is 4.79 Å². The molecule has 3 rings (SSSR count). The van der Waals surface area contributed by atoms with Crippen LogP contribution < -0.4 is 21.3 Å². The van der Waals surface area contributed by atoms with Crippen LogP contribution in [-0.4, -0.2) is 45.7 Å². The number of para-hydroxylation sites is 1. The van der Waals surface area contributed by atoms with Gasteiger partial charge in [-0.3, -0.25) is 19.0 Å². The van der Waals surface area contributed by atoms with E-state index in [9.17, 15) is 32.3 Å². The van der Waals surface area contributed by atoms with Crippen molar-refractivity contribution in [3.8, 4) is 5.75 Å². The van der Waals surface area contributed by atoms with Crippen molar-refractivity contribution in [3.05, 3.63) is 62.4 Å². The van der Waals surface area contributed by atoms with Gasteiger partial charge in [0.25, 0.3) is 11.5 Å². The lowest BCUT2D eigenvalue weighted by Gasteiger charge is -2.16. The van der Waals surface area contributed by atoms with Gasteiger partial charge in [0, 0.05) is 44.2 Å². The predicted octanol–water partition coefficient (Wildman–Crippen LogP) is 0.988. The Morgan fingerprint density at radius 1 is 1.16 bits per heavy atom. The first-order valence-corrected chi connectivity index (χ1v) is 9.38. The van der Waals surface area contributed by atoms with Gasteiger partial charge in [0.15, 0.2) is 0 Å². The fourth-order valence-corrected chi connectivity index (χ4v) is 3.16. The molecule has 0 unspecified atom stereocenters. The average molecular weight is 440 g/mol. The summed E-state index contributed by atoms with van der Waals surface area (Å²) >= 11 is 0. The van der Waals surface area contributed by atoms with Crippen LogP contribution in [0.4, 0.5) is 13.2 Å². The number of hydrogen-bond donors (Lipinski definition) is 2. The topological polar surface area (TPSA) is 114 Å². The molecular weight excluding hydrogens is 421 g/mol. The number of ether oxygens (including phenoxy) is 1. The molecule has 2 aromatic rings. The highest BCUT2D eigenvalue weighted by atomic mass is 19.4. The van der Waals surface area contributed by atoms with Crippen LogP contribution in [0.15, 0.2) is 39.9 Å². The number of aromatic amines is 1. The lowest BCUT2D eigenvalue weighted by molar-refractivity contribution is -0.274. The van der Waals surface area contributed by atoms with Crippen LogP contribution in [0.1, 0.15) is 28.9 Å². The highest BCUT2D eigenvalue weighted by Crippen LogP contribution is 2.26. The van der Waals surface area contributed by atoms with Crippen molar-refractivity contribution >= 4 is 11.8 Å². The molecular formula is C19H19F3N4O5. The molecule has 2 N–H and O–H groups in total. The summed E-state index contributed by atoms with van der Waals surface area (Å²) in [4.78, 5) is 52.2. The van der Waals surface area contributed by atoms with Crippen molar-refractivity contribution in [3.63, 3.8) is 0 Å². The standard InChI is InChI=1S/C19H19F3N4O5/c20-19(21,22)31-14-5-2-1-4-12(14)11-23-17(29)13-10-16(28)26(18(30)24-13)9-8-25-7-3-6-15(25)27/h1-2,4-5,10H,3,6-9,11H2,(H,23,29)(H,24,30). The fraction of sp³-hybridized carbons (Fsp3) is 0.368. The van der Waals surface area contributed by atoms with Crippen molar-refractivity contribution < 1.29 is 27.5 Å². The van der Waals surface area contributed by atoms with E-state index >= 15 is 0 Å². The first-order valence-electron chi connectivity index (χ1n) is 9.38. The third kappa shape index (κ3) is 5.74. The lowest BCUT2D eigenvalue weighted by atomic mass is 10.2. The molecule has 1 fully saturated rings. The third-order valence-corrected chi connectivity index (χ3v) is 4.67. The number of alkyl halides is 3. The van der Waals surface area contributed by atoms with Gasteiger partial charge in [-0.15, -0.1) is 13.2 Å². The van der Waals surface area contributed by atoms with E-state index in [-0.39, 0.29) is 36.8 Å². The minimum atomic E-state index is -4.89. The summed E-state index contributed by atoms with van der Waals surface area (Å²) in [5.41, 5.74) is -1.84. The number of nitrogens with zero attached hydrogens (tertiary/aromatic N) is 2. The Bertz CT molecular complexity index is 1060. The molecule has 2 heterocycles. The van der Waals surface area contributed by atoms with E-state index in [1.165, 1.54) is 18.2 Å². The molecule has 1 aliphatic heterocycles. The number of amides is 2. The van der Waals surface area contributed by atoms with Gasteiger partial charge in [-0.05, 0) is 12.5 Å². The quantitative estimate of drug-likeness (QED) is 0.667. The van der Waals surface area contributed by atoms with Gasteiger partial charge >= 0.3 is 12.1 Å². The molecule has 9 nitrogen and oxygen atoms in total. The lowest BCUT2D eigenvalue weighted by Crippen LogP contribution is -2.41. The fourth-order valence-electron chi connectivity index (χ4n) is 3.16. The Morgan fingerprint density at radius 2 is 1.90 bits per heavy atom. The zero-order chi connectivity index (χ0) is 22.6. The number of halogens is 3. The number of benzene rings is 1. The molecule has 2 amide bonds. The van der Waals surface area contributed by atoms with Crippen LogP contribution >= 0.6 is 0 Å². The number of H-pyrrole nitrogens is 1. The molecule has 0 radical (unpaired) electrons. The molecule has 0 aliphatic carbocycles. The Hall–Kier alpha value is -3.57. The number of hydrogen-bond acceptors (Lipinski definition) is 5. The van der Waals surface area contributed by atoms with Crippen LogP contribution in [0, 0.1) is 0 Å². The molecule has 1 saturated heterocycles. The number of aromatic nitrogens is 2. The van der Waals surface area contributed by atoms with Crippen LogP contribution in [0.5, 0.6) is 5.75 Å². The number of nitrogens with one attached hydrogen (secondary N) is 2. The second-order valence-electron chi connectivity index (χ2n) is 6.80. The van der Waals surface area contributed by atoms with Crippen molar-refractivity contribution in [2.45, 2.75) is 32.3 Å². The molecule has 0 saturated carbocycles. The van der Waals surface area contributed by atoms with Gasteiger partial charge < -0.3 is 19.9 Å². The normalized spacial score (nSPS) is 14.0. The molecule has 1 aromatic carbocycles. The zero-order valence-corrected chi connectivity index (χ0v) is 16.2. The van der Waals surface area contributed by atoms with E-state index in [1.807, 2.05) is 0 Å². The highest BCUT2D eigenvalue weighted by molar-refractivity contribution is 5.92. The Morgan fingerprint density at radius 3 is 2.55 bits per heavy atom. The second-order valence-corrected chi connectivity index (χ2v) is 6.80. The first kappa shape index (κ1) is 22.1. The molecule has 12 heteroatoms. The van der Waals surface area contributed by atoms with E-state index in [2.05, 4.69) is 15.0 Å². The van der Waals surface area contributed by atoms with Crippen molar-refractivity contribution in [1.29, 1.82) is 0 Å². The van der Waals surface area contributed by atoms with E-state index in [0.717, 1.165) is 23.1 Å². The largest absolute Gasteiger partial charge is 0.573 e. The summed E-state index contributed by atoms with van der Waals surface area (Å²) in [7, 11) is 0. The molecule has 0 atom stereocenters. The van der Waals surface area contributed by atoms with Crippen LogP contribution in [0.25, 0.3) is 0 Å². The van der Waals surface area contributed by atoms with E-state index < -0.39 is 29.3 Å². The van der Waals surface area contributed by atoms with Gasteiger partial charge in [-0.2, -0.15) is 0 Å². The molecule has 166 valence electrons. The van der Waals surface area contributed by atoms with Gasteiger partial charge in [0.2, 0.25) is 5.91 Å². The third-order valence-electron chi connectivity index (χ3n) is 4.67. The zero-order valence-electron chi connectivity index (χ0n) is 16.2. The Balaban J connectivity index is 1.67. The van der Waals surface area contributed by atoms with Gasteiger partial charge in [-0.1, -0.05) is 18.2 Å². The summed E-state index contributed by atoms with van der Waals surface area (Å²) in [6, 6.07) is 6.17. The van der Waals surface area contributed by atoms with Crippen LogP contribution in [0.2, 0.25) is 0 Å². The predicted molar refractivity (Wildman–Crippen MR) is 101 cm³/mol. The molecule has 0 bridgehead atoms. The molecule has 1 aromatic heterocycles. The Labute approximate surface area is 173 Å². The number of carbonyl (C=O) groups is 2. The molecule has 31 heavy (non-hydrogen) atoms. The van der Waals surface area contributed by atoms with Gasteiger partial charge in [0.05, 0.1) is 0 Å². The number of likely N-dealkylation sites (tertiary alicyclic amines) is 1. The van der Waals surface area contributed by atoms with E-state index in [1.54, 1.807) is 4.90 Å². The van der Waals surface area contributed by atoms with Crippen molar-refractivity contribution in [2.75, 3.05) is 13.1 Å². The van der Waals surface area contributed by atoms with Crippen molar-refractivity contribution in [1.82, 2.24) is 19.8 Å². The SMILES string of the molecule is O=C(NCc1ccccc1OC(F)(F)F)c1cc(=O)n(CCN2CCCC2=O)c(=O)[nH]1. The summed E-state index contributed by atoms with van der Waals surface area (Å²) in [6.07, 6.45) is -3.74. The highest BCUT2D eigenvalue weighted by Gasteiger charge is 2.32. The minimum Gasteiger partial charge on any atom is -0.405 e. The van der Waals surface area contributed by atoms with Gasteiger partial charge in [0.1, 0.15) is 11.4 Å². The maximum absolute atomic E-state index is 12.5. The summed E-state index contributed by atoms with van der Waals surface area (Å²) in [5.74, 6) is -1.37. The van der Waals surface area contributed by atoms with E-state index in [0.29, 0.717) is 13.0 Å². The maximum Gasteiger partial charge on any atom is 0.573 e. The number of rotatable bonds is 7. The second kappa shape index (κ2) is 9.06. The summed E-state index contributed by atoms with van der Waals surface area (Å²) in [6.45, 7) is 0.409. The van der Waals surface area contributed by atoms with Crippen molar-refractivity contribution in [2.24, 2.45) is 0 Å². The first-order chi connectivity index (χ1) is 14.6. The monoisotopic (exact) mass is 440 g/mol. The van der Waals surface area contributed by atoms with Crippen LogP contribution in [0.3, 0.4) is 0 Å². The molecule has 1 aliphatic rings. The maximum atomic E-state index is 12.5. The molecule has 0 spiro atoms. The van der Waals surface area contributed by atoms with Crippen LogP contribution in [-0.2, 0) is 17.9 Å². The summed E-state index contributed by atoms with van der Waals surface area (Å²) < 4.78 is 42.2.